The van der Waals surface area contributed by atoms with Gasteiger partial charge in [0.1, 0.15) is 0 Å². The highest BCUT2D eigenvalue weighted by Crippen LogP contribution is 2.24. The minimum Gasteiger partial charge on any atom is -0.354 e. The molecule has 2 unspecified atom stereocenters. The van der Waals surface area contributed by atoms with Crippen molar-refractivity contribution < 1.29 is 9.59 Å². The molecule has 5 heteroatoms. The van der Waals surface area contributed by atoms with Gasteiger partial charge in [-0.1, -0.05) is 19.3 Å². The Kier molecular flexibility index (Phi) is 4.58. The van der Waals surface area contributed by atoms with Crippen LogP contribution in [0, 0.1) is 5.92 Å². The van der Waals surface area contributed by atoms with Gasteiger partial charge < -0.3 is 16.0 Å². The molecule has 2 amide bonds. The van der Waals surface area contributed by atoms with Crippen LogP contribution in [0.1, 0.15) is 38.5 Å². The number of amides is 2. The number of hydrogen-bond donors (Lipinski definition) is 2. The summed E-state index contributed by atoms with van der Waals surface area (Å²) in [6.07, 6.45) is 5.66. The van der Waals surface area contributed by atoms with E-state index in [2.05, 4.69) is 5.32 Å². The molecule has 0 aromatic heterocycles. The van der Waals surface area contributed by atoms with Gasteiger partial charge in [0.05, 0.1) is 5.92 Å². The fourth-order valence-corrected chi connectivity index (χ4v) is 2.86. The fraction of sp³-hybridized carbons (Fsp3) is 0.846. The van der Waals surface area contributed by atoms with Crippen LogP contribution in [0.15, 0.2) is 0 Å². The summed E-state index contributed by atoms with van der Waals surface area (Å²) >= 11 is 0. The molecule has 0 radical (unpaired) electrons. The first-order chi connectivity index (χ1) is 8.68. The van der Waals surface area contributed by atoms with E-state index in [1.165, 1.54) is 6.42 Å². The van der Waals surface area contributed by atoms with E-state index in [-0.39, 0.29) is 23.8 Å². The summed E-state index contributed by atoms with van der Waals surface area (Å²) in [4.78, 5) is 25.6. The molecule has 1 saturated heterocycles. The summed E-state index contributed by atoms with van der Waals surface area (Å²) in [7, 11) is 0. The zero-order valence-electron chi connectivity index (χ0n) is 10.9. The predicted molar refractivity (Wildman–Crippen MR) is 68.8 cm³/mol. The van der Waals surface area contributed by atoms with Crippen molar-refractivity contribution in [3.05, 3.63) is 0 Å². The third kappa shape index (κ3) is 3.22. The van der Waals surface area contributed by atoms with Crippen LogP contribution in [-0.2, 0) is 9.59 Å². The van der Waals surface area contributed by atoms with Gasteiger partial charge in [-0.2, -0.15) is 0 Å². The Morgan fingerprint density at radius 1 is 1.22 bits per heavy atom. The van der Waals surface area contributed by atoms with Crippen molar-refractivity contribution >= 4 is 11.8 Å². The summed E-state index contributed by atoms with van der Waals surface area (Å²) < 4.78 is 0. The van der Waals surface area contributed by atoms with E-state index in [1.54, 1.807) is 0 Å². The molecule has 102 valence electrons. The Labute approximate surface area is 108 Å². The first-order valence-corrected chi connectivity index (χ1v) is 6.99. The monoisotopic (exact) mass is 253 g/mol. The molecule has 2 fully saturated rings. The Bertz CT molecular complexity index is 319. The standard InChI is InChI=1S/C13H23N3O2/c14-11-5-3-1-2-4-10(11)13(18)16-8-6-12(17)15-7-9-16/h10-11H,1-9,14H2,(H,15,17). The van der Waals surface area contributed by atoms with Crippen LogP contribution in [0.5, 0.6) is 0 Å². The van der Waals surface area contributed by atoms with E-state index < -0.39 is 0 Å². The molecule has 0 bridgehead atoms. The second-order valence-electron chi connectivity index (χ2n) is 5.33. The molecule has 18 heavy (non-hydrogen) atoms. The number of rotatable bonds is 1. The Morgan fingerprint density at radius 2 is 2.00 bits per heavy atom. The molecular weight excluding hydrogens is 230 g/mol. The second kappa shape index (κ2) is 6.18. The lowest BCUT2D eigenvalue weighted by molar-refractivity contribution is -0.136. The van der Waals surface area contributed by atoms with Crippen molar-refractivity contribution in [3.63, 3.8) is 0 Å². The number of nitrogens with zero attached hydrogens (tertiary/aromatic N) is 1. The van der Waals surface area contributed by atoms with Crippen molar-refractivity contribution in [1.82, 2.24) is 10.2 Å². The third-order valence-electron chi connectivity index (χ3n) is 4.01. The molecular formula is C13H23N3O2. The number of nitrogens with one attached hydrogen (secondary N) is 1. The van der Waals surface area contributed by atoms with E-state index in [1.807, 2.05) is 4.90 Å². The van der Waals surface area contributed by atoms with E-state index in [0.29, 0.717) is 26.1 Å². The van der Waals surface area contributed by atoms with Gasteiger partial charge in [-0.3, -0.25) is 9.59 Å². The molecule has 1 heterocycles. The molecule has 1 aliphatic heterocycles. The van der Waals surface area contributed by atoms with Crippen molar-refractivity contribution in [2.24, 2.45) is 11.7 Å². The summed E-state index contributed by atoms with van der Waals surface area (Å²) in [6, 6.07) is -0.00749. The lowest BCUT2D eigenvalue weighted by Gasteiger charge is -2.28. The predicted octanol–water partition coefficient (Wildman–Crippen LogP) is 0.242. The van der Waals surface area contributed by atoms with Gasteiger partial charge in [0.25, 0.3) is 0 Å². The van der Waals surface area contributed by atoms with Crippen LogP contribution >= 0.6 is 0 Å². The number of carbonyl (C=O) groups is 2. The molecule has 5 nitrogen and oxygen atoms in total. The zero-order chi connectivity index (χ0) is 13.0. The molecule has 0 aromatic carbocycles. The van der Waals surface area contributed by atoms with E-state index >= 15 is 0 Å². The maximum Gasteiger partial charge on any atom is 0.227 e. The molecule has 3 N–H and O–H groups in total. The molecule has 1 aliphatic carbocycles. The van der Waals surface area contributed by atoms with Crippen LogP contribution in [0.3, 0.4) is 0 Å². The average Bonchev–Trinajstić information content (AvgIpc) is 2.69. The topological polar surface area (TPSA) is 75.4 Å². The third-order valence-corrected chi connectivity index (χ3v) is 4.01. The van der Waals surface area contributed by atoms with Gasteiger partial charge in [-0.05, 0) is 12.8 Å². The van der Waals surface area contributed by atoms with Crippen LogP contribution in [0.4, 0.5) is 0 Å². The van der Waals surface area contributed by atoms with Gasteiger partial charge >= 0.3 is 0 Å². The zero-order valence-corrected chi connectivity index (χ0v) is 10.9. The smallest absolute Gasteiger partial charge is 0.227 e. The average molecular weight is 253 g/mol. The van der Waals surface area contributed by atoms with Gasteiger partial charge in [0, 0.05) is 32.1 Å². The summed E-state index contributed by atoms with van der Waals surface area (Å²) in [5.41, 5.74) is 6.12. The number of hydrogen-bond acceptors (Lipinski definition) is 3. The first kappa shape index (κ1) is 13.3. The van der Waals surface area contributed by atoms with Crippen LogP contribution < -0.4 is 11.1 Å². The Balaban J connectivity index is 1.97. The Morgan fingerprint density at radius 3 is 2.83 bits per heavy atom. The largest absolute Gasteiger partial charge is 0.354 e. The number of nitrogens with two attached hydrogens (primary N) is 1. The minimum atomic E-state index is -0.0410. The normalized spacial score (nSPS) is 30.3. The lowest BCUT2D eigenvalue weighted by Crippen LogP contribution is -2.45. The molecule has 2 atom stereocenters. The van der Waals surface area contributed by atoms with Gasteiger partial charge in [-0.25, -0.2) is 0 Å². The second-order valence-corrected chi connectivity index (χ2v) is 5.33. The van der Waals surface area contributed by atoms with Crippen molar-refractivity contribution in [3.8, 4) is 0 Å². The molecule has 0 aromatic rings. The van der Waals surface area contributed by atoms with Crippen LogP contribution in [0.25, 0.3) is 0 Å². The Hall–Kier alpha value is -1.10. The molecule has 1 saturated carbocycles. The van der Waals surface area contributed by atoms with Gasteiger partial charge in [-0.15, -0.1) is 0 Å². The summed E-state index contributed by atoms with van der Waals surface area (Å²) in [6.45, 7) is 1.72. The van der Waals surface area contributed by atoms with Crippen molar-refractivity contribution in [2.75, 3.05) is 19.6 Å². The van der Waals surface area contributed by atoms with Crippen LogP contribution in [0.2, 0.25) is 0 Å². The highest BCUT2D eigenvalue weighted by molar-refractivity contribution is 5.82. The highest BCUT2D eigenvalue weighted by atomic mass is 16.2. The van der Waals surface area contributed by atoms with Crippen LogP contribution in [-0.4, -0.2) is 42.4 Å². The van der Waals surface area contributed by atoms with E-state index in [0.717, 1.165) is 25.7 Å². The van der Waals surface area contributed by atoms with Gasteiger partial charge in [0.15, 0.2) is 0 Å². The van der Waals surface area contributed by atoms with Gasteiger partial charge in [0.2, 0.25) is 11.8 Å². The first-order valence-electron chi connectivity index (χ1n) is 6.99. The quantitative estimate of drug-likeness (QED) is 0.657. The molecule has 2 aliphatic rings. The van der Waals surface area contributed by atoms with Crippen molar-refractivity contribution in [1.29, 1.82) is 0 Å². The maximum absolute atomic E-state index is 12.5. The fourth-order valence-electron chi connectivity index (χ4n) is 2.86. The maximum atomic E-state index is 12.5. The molecule has 2 rings (SSSR count). The lowest BCUT2D eigenvalue weighted by atomic mass is 9.94. The highest BCUT2D eigenvalue weighted by Gasteiger charge is 2.31. The van der Waals surface area contributed by atoms with Crippen molar-refractivity contribution in [2.45, 2.75) is 44.6 Å². The minimum absolute atomic E-state index is 0.00749. The summed E-state index contributed by atoms with van der Waals surface area (Å²) in [5, 5.41) is 2.79. The molecule has 0 spiro atoms. The van der Waals surface area contributed by atoms with E-state index in [4.69, 9.17) is 5.73 Å². The SMILES string of the molecule is NC1CCCCCC1C(=O)N1CCNC(=O)CC1. The number of carbonyl (C=O) groups excluding carboxylic acids is 2. The van der Waals surface area contributed by atoms with E-state index in [9.17, 15) is 9.59 Å². The summed E-state index contributed by atoms with van der Waals surface area (Å²) in [5.74, 6) is 0.150.